The van der Waals surface area contributed by atoms with Gasteiger partial charge in [0.25, 0.3) is 0 Å². The van der Waals surface area contributed by atoms with E-state index in [9.17, 15) is 9.50 Å². The van der Waals surface area contributed by atoms with Crippen LogP contribution in [-0.2, 0) is 6.42 Å². The molecule has 1 N–H and O–H groups in total. The number of hydrogen-bond acceptors (Lipinski definition) is 1. The van der Waals surface area contributed by atoms with Gasteiger partial charge in [-0.3, -0.25) is 0 Å². The monoisotopic (exact) mass is 224 g/mol. The summed E-state index contributed by atoms with van der Waals surface area (Å²) < 4.78 is 13.0. The molecule has 1 atom stereocenters. The van der Waals surface area contributed by atoms with Crippen molar-refractivity contribution < 1.29 is 9.50 Å². The summed E-state index contributed by atoms with van der Waals surface area (Å²) in [5, 5.41) is 9.42. The molecule has 1 unspecified atom stereocenters. The summed E-state index contributed by atoms with van der Waals surface area (Å²) in [4.78, 5) is 0. The summed E-state index contributed by atoms with van der Waals surface area (Å²) in [5.74, 6) is -0.186. The van der Waals surface area contributed by atoms with E-state index in [2.05, 4.69) is 13.8 Å². The third-order valence-electron chi connectivity index (χ3n) is 2.82. The highest BCUT2D eigenvalue weighted by molar-refractivity contribution is 5.27. The quantitative estimate of drug-likeness (QED) is 0.830. The molecule has 2 heteroatoms. The molecule has 0 saturated heterocycles. The van der Waals surface area contributed by atoms with Crippen molar-refractivity contribution in [1.82, 2.24) is 0 Å². The molecule has 16 heavy (non-hydrogen) atoms. The molecule has 90 valence electrons. The number of aliphatic hydroxyl groups excluding tert-OH is 1. The van der Waals surface area contributed by atoms with Crippen molar-refractivity contribution >= 4 is 0 Å². The molecule has 1 aromatic carbocycles. The molecular weight excluding hydrogens is 203 g/mol. The summed E-state index contributed by atoms with van der Waals surface area (Å²) in [6.07, 6.45) is 1.32. The number of halogens is 1. The first kappa shape index (κ1) is 13.2. The molecule has 0 heterocycles. The summed E-state index contributed by atoms with van der Waals surface area (Å²) >= 11 is 0. The number of hydrogen-bond donors (Lipinski definition) is 1. The summed E-state index contributed by atoms with van der Waals surface area (Å²) in [6, 6.07) is 4.91. The predicted octanol–water partition coefficient (Wildman–Crippen LogP) is 3.47. The molecule has 0 aliphatic heterocycles. The Hall–Kier alpha value is -0.890. The van der Waals surface area contributed by atoms with E-state index in [4.69, 9.17) is 0 Å². The lowest BCUT2D eigenvalue weighted by molar-refractivity contribution is 0.129. The Labute approximate surface area is 97.3 Å². The van der Waals surface area contributed by atoms with Gasteiger partial charge in [0.15, 0.2) is 0 Å². The Balaban J connectivity index is 2.79. The van der Waals surface area contributed by atoms with Crippen LogP contribution in [0.5, 0.6) is 0 Å². The Morgan fingerprint density at radius 1 is 1.38 bits per heavy atom. The second-order valence-corrected chi connectivity index (χ2v) is 5.46. The van der Waals surface area contributed by atoms with Crippen molar-refractivity contribution in [1.29, 1.82) is 0 Å². The van der Waals surface area contributed by atoms with Gasteiger partial charge < -0.3 is 5.11 Å². The molecule has 0 amide bonds. The van der Waals surface area contributed by atoms with Crippen LogP contribution in [-0.4, -0.2) is 11.2 Å². The zero-order chi connectivity index (χ0) is 12.3. The topological polar surface area (TPSA) is 20.2 Å². The van der Waals surface area contributed by atoms with Gasteiger partial charge in [0.05, 0.1) is 6.10 Å². The molecule has 1 aromatic rings. The van der Waals surface area contributed by atoms with Crippen LogP contribution >= 0.6 is 0 Å². The fourth-order valence-electron chi connectivity index (χ4n) is 2.25. The van der Waals surface area contributed by atoms with E-state index in [0.717, 1.165) is 24.0 Å². The first-order valence-corrected chi connectivity index (χ1v) is 5.73. The molecule has 1 rings (SSSR count). The second kappa shape index (κ2) is 4.96. The Morgan fingerprint density at radius 2 is 2.00 bits per heavy atom. The van der Waals surface area contributed by atoms with Gasteiger partial charge in [-0.2, -0.15) is 0 Å². The standard InChI is InChI=1S/C14H21FO/c1-10-7-13(15)6-5-12(10)9-14(3,4)8-11(2)16/h5-7,11,16H,8-9H2,1-4H3. The highest BCUT2D eigenvalue weighted by Crippen LogP contribution is 2.28. The second-order valence-electron chi connectivity index (χ2n) is 5.46. The van der Waals surface area contributed by atoms with Crippen molar-refractivity contribution in [2.24, 2.45) is 5.41 Å². The molecular formula is C14H21FO. The van der Waals surface area contributed by atoms with Crippen LogP contribution in [0.3, 0.4) is 0 Å². The molecule has 0 saturated carbocycles. The first-order valence-electron chi connectivity index (χ1n) is 5.73. The number of aliphatic hydroxyl groups is 1. The molecule has 0 aliphatic rings. The smallest absolute Gasteiger partial charge is 0.123 e. The van der Waals surface area contributed by atoms with Gasteiger partial charge in [-0.15, -0.1) is 0 Å². The third-order valence-corrected chi connectivity index (χ3v) is 2.82. The molecule has 0 aliphatic carbocycles. The van der Waals surface area contributed by atoms with Crippen LogP contribution in [0.1, 0.15) is 38.3 Å². The molecule has 0 aromatic heterocycles. The zero-order valence-corrected chi connectivity index (χ0v) is 10.5. The zero-order valence-electron chi connectivity index (χ0n) is 10.5. The van der Waals surface area contributed by atoms with Gasteiger partial charge in [-0.1, -0.05) is 19.9 Å². The van der Waals surface area contributed by atoms with E-state index in [1.54, 1.807) is 13.0 Å². The highest BCUT2D eigenvalue weighted by atomic mass is 19.1. The SMILES string of the molecule is Cc1cc(F)ccc1CC(C)(C)CC(C)O. The minimum Gasteiger partial charge on any atom is -0.393 e. The predicted molar refractivity (Wildman–Crippen MR) is 64.9 cm³/mol. The molecule has 0 radical (unpaired) electrons. The van der Waals surface area contributed by atoms with Gasteiger partial charge in [0.2, 0.25) is 0 Å². The fourth-order valence-corrected chi connectivity index (χ4v) is 2.25. The van der Waals surface area contributed by atoms with Gasteiger partial charge >= 0.3 is 0 Å². The Kier molecular flexibility index (Phi) is 4.09. The number of benzene rings is 1. The number of aryl methyl sites for hydroxylation is 1. The Bertz CT molecular complexity index is 356. The van der Waals surface area contributed by atoms with Crippen molar-refractivity contribution in [3.05, 3.63) is 35.1 Å². The normalized spacial score (nSPS) is 13.9. The van der Waals surface area contributed by atoms with E-state index >= 15 is 0 Å². The van der Waals surface area contributed by atoms with E-state index in [1.165, 1.54) is 6.07 Å². The maximum absolute atomic E-state index is 13.0. The van der Waals surface area contributed by atoms with Crippen LogP contribution in [0, 0.1) is 18.2 Å². The van der Waals surface area contributed by atoms with E-state index < -0.39 is 0 Å². The van der Waals surface area contributed by atoms with Gasteiger partial charge in [0.1, 0.15) is 5.82 Å². The van der Waals surface area contributed by atoms with Crippen LogP contribution in [0.2, 0.25) is 0 Å². The minimum atomic E-state index is -0.296. The van der Waals surface area contributed by atoms with E-state index in [1.807, 2.05) is 13.0 Å². The van der Waals surface area contributed by atoms with Gasteiger partial charge in [-0.25, -0.2) is 4.39 Å². The van der Waals surface area contributed by atoms with Crippen molar-refractivity contribution in [3.63, 3.8) is 0 Å². The van der Waals surface area contributed by atoms with Crippen molar-refractivity contribution in [2.45, 2.75) is 46.6 Å². The maximum atomic E-state index is 13.0. The molecule has 1 nitrogen and oxygen atoms in total. The molecule has 0 spiro atoms. The fraction of sp³-hybridized carbons (Fsp3) is 0.571. The van der Waals surface area contributed by atoms with Crippen LogP contribution in [0.15, 0.2) is 18.2 Å². The summed E-state index contributed by atoms with van der Waals surface area (Å²) in [6.45, 7) is 7.99. The van der Waals surface area contributed by atoms with Crippen LogP contribution in [0.4, 0.5) is 4.39 Å². The third kappa shape index (κ3) is 3.93. The lowest BCUT2D eigenvalue weighted by Gasteiger charge is -2.27. The van der Waals surface area contributed by atoms with Crippen molar-refractivity contribution in [3.8, 4) is 0 Å². The minimum absolute atomic E-state index is 0.0384. The average molecular weight is 224 g/mol. The summed E-state index contributed by atoms with van der Waals surface area (Å²) in [5.41, 5.74) is 2.18. The highest BCUT2D eigenvalue weighted by Gasteiger charge is 2.21. The lowest BCUT2D eigenvalue weighted by atomic mass is 9.80. The van der Waals surface area contributed by atoms with Gasteiger partial charge in [0, 0.05) is 0 Å². The maximum Gasteiger partial charge on any atom is 0.123 e. The average Bonchev–Trinajstić information content (AvgIpc) is 2.07. The van der Waals surface area contributed by atoms with E-state index in [-0.39, 0.29) is 17.3 Å². The number of rotatable bonds is 4. The largest absolute Gasteiger partial charge is 0.393 e. The van der Waals surface area contributed by atoms with Crippen LogP contribution < -0.4 is 0 Å². The Morgan fingerprint density at radius 3 is 2.50 bits per heavy atom. The van der Waals surface area contributed by atoms with Crippen molar-refractivity contribution in [2.75, 3.05) is 0 Å². The van der Waals surface area contributed by atoms with Gasteiger partial charge in [-0.05, 0) is 55.4 Å². The van der Waals surface area contributed by atoms with E-state index in [0.29, 0.717) is 0 Å². The summed E-state index contributed by atoms with van der Waals surface area (Å²) in [7, 11) is 0. The first-order chi connectivity index (χ1) is 7.30. The molecule has 0 bridgehead atoms. The van der Waals surface area contributed by atoms with Crippen LogP contribution in [0.25, 0.3) is 0 Å². The molecule has 0 fully saturated rings. The lowest BCUT2D eigenvalue weighted by Crippen LogP contribution is -2.21.